The van der Waals surface area contributed by atoms with Crippen molar-refractivity contribution in [2.24, 2.45) is 0 Å². The fourth-order valence-electron chi connectivity index (χ4n) is 1.07. The van der Waals surface area contributed by atoms with Gasteiger partial charge >= 0.3 is 0 Å². The molecule has 0 aromatic carbocycles. The highest BCUT2D eigenvalue weighted by molar-refractivity contribution is 7.14. The lowest BCUT2D eigenvalue weighted by Gasteiger charge is -2.01. The molecule has 0 saturated carbocycles. The first-order chi connectivity index (χ1) is 7.20. The summed E-state index contributed by atoms with van der Waals surface area (Å²) in [5, 5.41) is 1.29. The molecule has 0 aliphatic heterocycles. The van der Waals surface area contributed by atoms with Gasteiger partial charge in [-0.25, -0.2) is 15.0 Å². The predicted octanol–water partition coefficient (Wildman–Crippen LogP) is 2.57. The van der Waals surface area contributed by atoms with E-state index in [1.807, 2.05) is 6.92 Å². The van der Waals surface area contributed by atoms with Crippen molar-refractivity contribution >= 4 is 22.9 Å². The lowest BCUT2D eigenvalue weighted by atomic mass is 10.5. The van der Waals surface area contributed by atoms with Crippen molar-refractivity contribution in [3.05, 3.63) is 22.6 Å². The summed E-state index contributed by atoms with van der Waals surface area (Å²) in [4.78, 5) is 13.3. The Morgan fingerprint density at radius 1 is 1.33 bits per heavy atom. The second-order valence-corrected chi connectivity index (χ2v) is 4.39. The Morgan fingerprint density at radius 3 is 2.67 bits per heavy atom. The van der Waals surface area contributed by atoms with Crippen LogP contribution in [0.3, 0.4) is 0 Å². The maximum absolute atomic E-state index is 5.89. The molecule has 15 heavy (non-hydrogen) atoms. The normalized spacial score (nSPS) is 10.3. The van der Waals surface area contributed by atoms with Crippen LogP contribution in [0.25, 0.3) is 10.7 Å². The number of hydrogen-bond acceptors (Lipinski definition) is 5. The molecule has 0 saturated heterocycles. The summed E-state index contributed by atoms with van der Waals surface area (Å²) >= 11 is 7.42. The van der Waals surface area contributed by atoms with Gasteiger partial charge in [-0.15, -0.1) is 11.3 Å². The minimum atomic E-state index is 0.313. The Kier molecular flexibility index (Phi) is 2.83. The van der Waals surface area contributed by atoms with E-state index in [1.54, 1.807) is 12.4 Å². The molecule has 0 radical (unpaired) electrons. The third-order valence-corrected chi connectivity index (χ3v) is 2.95. The van der Waals surface area contributed by atoms with Gasteiger partial charge in [-0.1, -0.05) is 11.6 Å². The molecule has 2 heterocycles. The van der Waals surface area contributed by atoms with Gasteiger partial charge in [0, 0.05) is 6.20 Å². The number of aryl methyl sites for hydroxylation is 1. The molecule has 0 amide bonds. The number of hydrogen-bond donors (Lipinski definition) is 0. The van der Waals surface area contributed by atoms with Crippen molar-refractivity contribution in [3.8, 4) is 16.5 Å². The van der Waals surface area contributed by atoms with Crippen LogP contribution in [0.15, 0.2) is 12.4 Å². The van der Waals surface area contributed by atoms with Crippen molar-refractivity contribution in [2.75, 3.05) is 7.11 Å². The smallest absolute Gasteiger partial charge is 0.175 e. The fourth-order valence-corrected chi connectivity index (χ4v) is 2.00. The highest BCUT2D eigenvalue weighted by Gasteiger charge is 2.09. The highest BCUT2D eigenvalue weighted by Crippen LogP contribution is 2.27. The standard InChI is InChI=1S/C9H8ClN3OS/c1-5-11-4-7(15-5)9-12-3-6(14-2)8(10)13-9/h3-4H,1-2H3. The number of thiazole rings is 1. The quantitative estimate of drug-likeness (QED) is 0.759. The maximum Gasteiger partial charge on any atom is 0.175 e. The molecule has 0 spiro atoms. The Hall–Kier alpha value is -1.20. The highest BCUT2D eigenvalue weighted by atomic mass is 35.5. The molecule has 0 N–H and O–H groups in total. The van der Waals surface area contributed by atoms with Crippen LogP contribution in [-0.2, 0) is 0 Å². The third-order valence-electron chi connectivity index (χ3n) is 1.77. The van der Waals surface area contributed by atoms with Crippen LogP contribution in [0.2, 0.25) is 5.15 Å². The van der Waals surface area contributed by atoms with Gasteiger partial charge in [0.1, 0.15) is 0 Å². The van der Waals surface area contributed by atoms with Gasteiger partial charge in [-0.2, -0.15) is 0 Å². The Labute approximate surface area is 95.9 Å². The number of halogens is 1. The minimum absolute atomic E-state index is 0.313. The molecule has 0 aliphatic rings. The van der Waals surface area contributed by atoms with Crippen molar-refractivity contribution in [2.45, 2.75) is 6.92 Å². The van der Waals surface area contributed by atoms with E-state index in [9.17, 15) is 0 Å². The molecule has 78 valence electrons. The van der Waals surface area contributed by atoms with Crippen LogP contribution in [0.1, 0.15) is 5.01 Å². The van der Waals surface area contributed by atoms with Gasteiger partial charge in [0.25, 0.3) is 0 Å². The molecule has 2 aromatic rings. The molecule has 0 unspecified atom stereocenters. The summed E-state index contributed by atoms with van der Waals surface area (Å²) in [5.74, 6) is 1.05. The molecular weight excluding hydrogens is 234 g/mol. The van der Waals surface area contributed by atoms with Crippen molar-refractivity contribution in [1.82, 2.24) is 15.0 Å². The van der Waals surface area contributed by atoms with Crippen LogP contribution in [-0.4, -0.2) is 22.1 Å². The monoisotopic (exact) mass is 241 g/mol. The van der Waals surface area contributed by atoms with E-state index in [-0.39, 0.29) is 0 Å². The van der Waals surface area contributed by atoms with Crippen molar-refractivity contribution in [1.29, 1.82) is 0 Å². The second-order valence-electron chi connectivity index (χ2n) is 2.80. The van der Waals surface area contributed by atoms with Crippen LogP contribution in [0, 0.1) is 6.92 Å². The Morgan fingerprint density at radius 2 is 2.13 bits per heavy atom. The molecule has 4 nitrogen and oxygen atoms in total. The Balaban J connectivity index is 2.42. The lowest BCUT2D eigenvalue weighted by molar-refractivity contribution is 0.411. The van der Waals surface area contributed by atoms with Gasteiger partial charge < -0.3 is 4.74 Å². The lowest BCUT2D eigenvalue weighted by Crippen LogP contribution is -1.91. The van der Waals surface area contributed by atoms with E-state index < -0.39 is 0 Å². The molecule has 0 aliphatic carbocycles. The van der Waals surface area contributed by atoms with E-state index in [2.05, 4.69) is 15.0 Å². The average molecular weight is 242 g/mol. The number of methoxy groups -OCH3 is 1. The zero-order valence-corrected chi connectivity index (χ0v) is 9.76. The van der Waals surface area contributed by atoms with Gasteiger partial charge in [-0.05, 0) is 6.92 Å². The van der Waals surface area contributed by atoms with Crippen LogP contribution in [0.5, 0.6) is 5.75 Å². The summed E-state index contributed by atoms with van der Waals surface area (Å²) < 4.78 is 4.97. The van der Waals surface area contributed by atoms with Gasteiger partial charge in [0.2, 0.25) is 0 Å². The molecule has 6 heteroatoms. The molecule has 2 aromatic heterocycles. The van der Waals surface area contributed by atoms with Gasteiger partial charge in [0.05, 0.1) is 23.2 Å². The van der Waals surface area contributed by atoms with Crippen molar-refractivity contribution < 1.29 is 4.74 Å². The summed E-state index contributed by atoms with van der Waals surface area (Å²) in [6, 6.07) is 0. The van der Waals surface area contributed by atoms with Gasteiger partial charge in [0.15, 0.2) is 16.7 Å². The number of nitrogens with zero attached hydrogens (tertiary/aromatic N) is 3. The Bertz CT molecular complexity index is 486. The maximum atomic E-state index is 5.89. The summed E-state index contributed by atoms with van der Waals surface area (Å²) in [7, 11) is 1.53. The average Bonchev–Trinajstić information content (AvgIpc) is 2.65. The van der Waals surface area contributed by atoms with E-state index in [0.717, 1.165) is 9.88 Å². The van der Waals surface area contributed by atoms with Crippen LogP contribution < -0.4 is 4.74 Å². The summed E-state index contributed by atoms with van der Waals surface area (Å²) in [5.41, 5.74) is 0. The summed E-state index contributed by atoms with van der Waals surface area (Å²) in [6.45, 7) is 1.93. The fraction of sp³-hybridized carbons (Fsp3) is 0.222. The first-order valence-electron chi connectivity index (χ1n) is 4.20. The molecular formula is C9H8ClN3OS. The van der Waals surface area contributed by atoms with E-state index in [1.165, 1.54) is 18.4 Å². The number of rotatable bonds is 2. The largest absolute Gasteiger partial charge is 0.492 e. The molecule has 2 rings (SSSR count). The van der Waals surface area contributed by atoms with Crippen LogP contribution >= 0.6 is 22.9 Å². The zero-order chi connectivity index (χ0) is 10.8. The number of ether oxygens (including phenoxy) is 1. The second kappa shape index (κ2) is 4.12. The summed E-state index contributed by atoms with van der Waals surface area (Å²) in [6.07, 6.45) is 3.29. The van der Waals surface area contributed by atoms with Gasteiger partial charge in [-0.3, -0.25) is 0 Å². The first kappa shape index (κ1) is 10.3. The molecule has 0 atom stereocenters. The number of aromatic nitrogens is 3. The first-order valence-corrected chi connectivity index (χ1v) is 5.39. The van der Waals surface area contributed by atoms with E-state index in [4.69, 9.17) is 16.3 Å². The zero-order valence-electron chi connectivity index (χ0n) is 8.19. The minimum Gasteiger partial charge on any atom is -0.492 e. The van der Waals surface area contributed by atoms with E-state index >= 15 is 0 Å². The molecule has 0 bridgehead atoms. The SMILES string of the molecule is COc1cnc(-c2cnc(C)s2)nc1Cl. The third kappa shape index (κ3) is 2.08. The van der Waals surface area contributed by atoms with E-state index in [0.29, 0.717) is 16.7 Å². The molecule has 0 fully saturated rings. The predicted molar refractivity (Wildman–Crippen MR) is 59.4 cm³/mol. The topological polar surface area (TPSA) is 47.9 Å². The van der Waals surface area contributed by atoms with Crippen molar-refractivity contribution in [3.63, 3.8) is 0 Å². The van der Waals surface area contributed by atoms with Crippen LogP contribution in [0.4, 0.5) is 0 Å².